The first-order valence-electron chi connectivity index (χ1n) is 10.5. The second kappa shape index (κ2) is 7.37. The molecule has 0 radical (unpaired) electrons. The average molecular weight is 447 g/mol. The smallest absolute Gasteiger partial charge is 0.427 e. The summed E-state index contributed by atoms with van der Waals surface area (Å²) in [5, 5.41) is 1.33. The van der Waals surface area contributed by atoms with Crippen LogP contribution in [0.2, 0.25) is 5.02 Å². The molecule has 1 aromatic rings. The van der Waals surface area contributed by atoms with E-state index in [0.29, 0.717) is 6.42 Å². The summed E-state index contributed by atoms with van der Waals surface area (Å²) < 4.78 is 5.33. The van der Waals surface area contributed by atoms with E-state index in [1.165, 1.54) is 0 Å². The van der Waals surface area contributed by atoms with Crippen LogP contribution in [0.4, 0.5) is 10.5 Å². The molecule has 2 unspecified atom stereocenters. The van der Waals surface area contributed by atoms with Crippen molar-refractivity contribution in [3.05, 3.63) is 41.4 Å². The van der Waals surface area contributed by atoms with Crippen LogP contribution in [0.5, 0.6) is 0 Å². The number of benzene rings is 1. The second-order valence-electron chi connectivity index (χ2n) is 10.1. The number of fused-ring (bicyclic) bond motifs is 1. The van der Waals surface area contributed by atoms with Gasteiger partial charge in [0.2, 0.25) is 0 Å². The Morgan fingerprint density at radius 1 is 1.23 bits per heavy atom. The Bertz CT molecular complexity index is 965. The van der Waals surface area contributed by atoms with Gasteiger partial charge in [0.25, 0.3) is 5.91 Å². The third kappa shape index (κ3) is 3.36. The Hall–Kier alpha value is -2.34. The minimum atomic E-state index is -0.888. The molecular weight excluding hydrogens is 416 g/mol. The number of hydrogen-bond donors (Lipinski definition) is 1. The number of amides is 2. The Morgan fingerprint density at radius 3 is 2.39 bits per heavy atom. The monoisotopic (exact) mass is 446 g/mol. The molecule has 168 valence electrons. The lowest BCUT2D eigenvalue weighted by Crippen LogP contribution is -2.52. The number of ketones is 1. The zero-order valence-corrected chi connectivity index (χ0v) is 20.0. The molecule has 2 aliphatic rings. The molecule has 2 fully saturated rings. The number of Topliss-reactive ketones (excluding diaryl/α,β-unsaturated/α-hetero) is 1. The van der Waals surface area contributed by atoms with Gasteiger partial charge in [0.05, 0.1) is 10.7 Å². The Kier molecular flexibility index (Phi) is 5.54. The molecule has 7 heteroatoms. The zero-order chi connectivity index (χ0) is 23.4. The molecular formula is C24H31ClN2O4. The van der Waals surface area contributed by atoms with E-state index in [1.54, 1.807) is 45.0 Å². The predicted octanol–water partition coefficient (Wildman–Crippen LogP) is 5.31. The maximum atomic E-state index is 13.6. The number of para-hydroxylation sites is 1. The van der Waals surface area contributed by atoms with Crippen LogP contribution < -0.4 is 10.4 Å². The molecule has 1 aromatic carbocycles. The summed E-state index contributed by atoms with van der Waals surface area (Å²) in [6.45, 7) is 13.2. The lowest BCUT2D eigenvalue weighted by atomic mass is 9.83. The first kappa shape index (κ1) is 23.3. The van der Waals surface area contributed by atoms with Crippen LogP contribution in [0.15, 0.2) is 36.4 Å². The van der Waals surface area contributed by atoms with Gasteiger partial charge in [0.1, 0.15) is 11.5 Å². The molecule has 0 aliphatic heterocycles. The Labute approximate surface area is 188 Å². The van der Waals surface area contributed by atoms with Crippen molar-refractivity contribution in [2.45, 2.75) is 60.5 Å². The van der Waals surface area contributed by atoms with Crippen LogP contribution >= 0.6 is 11.6 Å². The van der Waals surface area contributed by atoms with Crippen molar-refractivity contribution in [3.63, 3.8) is 0 Å². The van der Waals surface area contributed by atoms with Gasteiger partial charge in [-0.2, -0.15) is 0 Å². The van der Waals surface area contributed by atoms with Gasteiger partial charge in [-0.25, -0.2) is 15.2 Å². The molecule has 3 rings (SSSR count). The van der Waals surface area contributed by atoms with E-state index < -0.39 is 28.9 Å². The highest BCUT2D eigenvalue weighted by molar-refractivity contribution is 6.34. The SMILES string of the molecule is C/C=C\C12CC(C(=O)N(NC(=O)OC(C)(C)C)c3ccccc3Cl)C(=O)[C@@]1(C)C2(C)C. The molecule has 0 bridgehead atoms. The van der Waals surface area contributed by atoms with Gasteiger partial charge >= 0.3 is 6.09 Å². The lowest BCUT2D eigenvalue weighted by molar-refractivity contribution is -0.135. The highest BCUT2D eigenvalue weighted by Gasteiger charge is 2.86. The molecule has 0 aromatic heterocycles. The molecule has 0 saturated heterocycles. The van der Waals surface area contributed by atoms with Gasteiger partial charge < -0.3 is 4.74 Å². The topological polar surface area (TPSA) is 75.7 Å². The van der Waals surface area contributed by atoms with Crippen LogP contribution in [-0.2, 0) is 14.3 Å². The molecule has 2 amide bonds. The van der Waals surface area contributed by atoms with Gasteiger partial charge in [-0.3, -0.25) is 9.59 Å². The summed E-state index contributed by atoms with van der Waals surface area (Å²) in [4.78, 5) is 39.6. The van der Waals surface area contributed by atoms with Crippen LogP contribution in [0.1, 0.15) is 54.9 Å². The second-order valence-corrected chi connectivity index (χ2v) is 10.5. The third-order valence-corrected chi connectivity index (χ3v) is 7.52. The van der Waals surface area contributed by atoms with Crippen molar-refractivity contribution in [3.8, 4) is 0 Å². The summed E-state index contributed by atoms with van der Waals surface area (Å²) in [6.07, 6.45) is 3.58. The van der Waals surface area contributed by atoms with E-state index in [0.717, 1.165) is 5.01 Å². The van der Waals surface area contributed by atoms with Gasteiger partial charge in [0.15, 0.2) is 5.78 Å². The molecule has 31 heavy (non-hydrogen) atoms. The van der Waals surface area contributed by atoms with E-state index in [2.05, 4.69) is 25.3 Å². The number of hydrazine groups is 1. The Balaban J connectivity index is 1.96. The zero-order valence-electron chi connectivity index (χ0n) is 19.2. The van der Waals surface area contributed by atoms with Crippen LogP contribution in [0.3, 0.4) is 0 Å². The summed E-state index contributed by atoms with van der Waals surface area (Å²) >= 11 is 6.33. The normalized spacial score (nSPS) is 28.9. The maximum Gasteiger partial charge on any atom is 0.427 e. The maximum absolute atomic E-state index is 13.6. The number of nitrogens with one attached hydrogen (secondary N) is 1. The van der Waals surface area contributed by atoms with Crippen molar-refractivity contribution < 1.29 is 19.1 Å². The molecule has 3 atom stereocenters. The number of rotatable bonds is 3. The first-order chi connectivity index (χ1) is 14.2. The summed E-state index contributed by atoms with van der Waals surface area (Å²) in [6, 6.07) is 6.67. The van der Waals surface area contributed by atoms with Gasteiger partial charge in [-0.1, -0.05) is 56.7 Å². The average Bonchev–Trinajstić information content (AvgIpc) is 2.88. The fourth-order valence-electron chi connectivity index (χ4n) is 5.33. The fraction of sp³-hybridized carbons (Fsp3) is 0.542. The lowest BCUT2D eigenvalue weighted by Gasteiger charge is -2.30. The number of ether oxygens (including phenoxy) is 1. The first-order valence-corrected chi connectivity index (χ1v) is 10.9. The van der Waals surface area contributed by atoms with Crippen molar-refractivity contribution >= 4 is 35.1 Å². The number of anilines is 1. The van der Waals surface area contributed by atoms with E-state index >= 15 is 0 Å². The van der Waals surface area contributed by atoms with Crippen LogP contribution in [0.25, 0.3) is 0 Å². The van der Waals surface area contributed by atoms with Crippen molar-refractivity contribution in [1.82, 2.24) is 5.43 Å². The number of allylic oxidation sites excluding steroid dienone is 2. The van der Waals surface area contributed by atoms with Crippen molar-refractivity contribution in [2.24, 2.45) is 22.2 Å². The minimum Gasteiger partial charge on any atom is -0.443 e. The minimum absolute atomic E-state index is 0.108. The molecule has 0 spiro atoms. The van der Waals surface area contributed by atoms with Crippen molar-refractivity contribution in [1.29, 1.82) is 0 Å². The number of nitrogens with zero attached hydrogens (tertiary/aromatic N) is 1. The van der Waals surface area contributed by atoms with Crippen molar-refractivity contribution in [2.75, 3.05) is 5.01 Å². The summed E-state index contributed by atoms with van der Waals surface area (Å²) in [5.41, 5.74) is 0.780. The number of halogens is 1. The third-order valence-electron chi connectivity index (χ3n) is 7.20. The predicted molar refractivity (Wildman–Crippen MR) is 121 cm³/mol. The largest absolute Gasteiger partial charge is 0.443 e. The molecule has 2 saturated carbocycles. The van der Waals surface area contributed by atoms with Gasteiger partial charge in [-0.05, 0) is 51.7 Å². The molecule has 1 N–H and O–H groups in total. The molecule has 2 aliphatic carbocycles. The van der Waals surface area contributed by atoms with Crippen LogP contribution in [-0.4, -0.2) is 23.4 Å². The fourth-order valence-corrected chi connectivity index (χ4v) is 5.55. The summed E-state index contributed by atoms with van der Waals surface area (Å²) in [7, 11) is 0. The van der Waals surface area contributed by atoms with Crippen LogP contribution in [0, 0.1) is 22.2 Å². The Morgan fingerprint density at radius 2 is 1.84 bits per heavy atom. The van der Waals surface area contributed by atoms with Gasteiger partial charge in [0, 0.05) is 10.8 Å². The van der Waals surface area contributed by atoms with E-state index in [-0.39, 0.29) is 27.3 Å². The summed E-state index contributed by atoms with van der Waals surface area (Å²) in [5.74, 6) is -1.51. The highest BCUT2D eigenvalue weighted by Crippen LogP contribution is 2.85. The molecule has 6 nitrogen and oxygen atoms in total. The van der Waals surface area contributed by atoms with Gasteiger partial charge in [-0.15, -0.1) is 0 Å². The number of carbonyl (C=O) groups is 3. The van der Waals surface area contributed by atoms with E-state index in [1.807, 2.05) is 19.9 Å². The van der Waals surface area contributed by atoms with E-state index in [9.17, 15) is 14.4 Å². The molecule has 0 heterocycles. The number of carbonyl (C=O) groups excluding carboxylic acids is 3. The van der Waals surface area contributed by atoms with E-state index in [4.69, 9.17) is 16.3 Å². The number of hydrogen-bond acceptors (Lipinski definition) is 4. The standard InChI is InChI=1S/C24H31ClN2O4/c1-8-13-24-14-15(18(28)23(24,7)22(24,5)6)19(29)27(17-12-10-9-11-16(17)25)26-20(30)31-21(2,3)4/h8-13,15H,14H2,1-7H3,(H,26,30)/b13-8-/t15?,23-,24?/m0/s1. The quantitative estimate of drug-likeness (QED) is 0.387. The highest BCUT2D eigenvalue weighted by atomic mass is 35.5.